The molecular formula is C51H30N4O2. The molecule has 4 aromatic heterocycles. The highest BCUT2D eigenvalue weighted by molar-refractivity contribution is 6.13. The maximum absolute atomic E-state index is 6.41. The summed E-state index contributed by atoms with van der Waals surface area (Å²) in [4.78, 5) is 15.3. The van der Waals surface area contributed by atoms with Crippen LogP contribution in [0.5, 0.6) is 0 Å². The number of hydrogen-bond donors (Lipinski definition) is 0. The molecule has 266 valence electrons. The fraction of sp³-hybridized carbons (Fsp3) is 0. The molecule has 8 aromatic carbocycles. The average Bonchev–Trinajstić information content (AvgIpc) is 3.95. The third-order valence-corrected chi connectivity index (χ3v) is 11.1. The van der Waals surface area contributed by atoms with Gasteiger partial charge in [-0.2, -0.15) is 0 Å². The molecule has 6 heteroatoms. The normalized spacial score (nSPS) is 11.9. The minimum Gasteiger partial charge on any atom is -0.456 e. The summed E-state index contributed by atoms with van der Waals surface area (Å²) in [6.07, 6.45) is 0. The van der Waals surface area contributed by atoms with E-state index in [0.717, 1.165) is 77.4 Å². The van der Waals surface area contributed by atoms with E-state index in [9.17, 15) is 0 Å². The number of nitrogens with zero attached hydrogens (tertiary/aromatic N) is 4. The van der Waals surface area contributed by atoms with E-state index in [2.05, 4.69) is 114 Å². The van der Waals surface area contributed by atoms with Gasteiger partial charge in [0.25, 0.3) is 0 Å². The van der Waals surface area contributed by atoms with E-state index in [1.165, 1.54) is 21.8 Å². The Labute approximate surface area is 325 Å². The summed E-state index contributed by atoms with van der Waals surface area (Å²) >= 11 is 0. The Morgan fingerprint density at radius 1 is 0.333 bits per heavy atom. The van der Waals surface area contributed by atoms with Crippen LogP contribution >= 0.6 is 0 Å². The van der Waals surface area contributed by atoms with Gasteiger partial charge in [-0.05, 0) is 83.9 Å². The number of aromatic nitrogens is 4. The molecule has 0 fully saturated rings. The first kappa shape index (κ1) is 31.5. The summed E-state index contributed by atoms with van der Waals surface area (Å²) < 4.78 is 15.0. The summed E-state index contributed by atoms with van der Waals surface area (Å²) in [6, 6.07) is 62.8. The molecule has 0 aliphatic carbocycles. The average molecular weight is 731 g/mol. The number of para-hydroxylation sites is 3. The van der Waals surface area contributed by atoms with Crippen molar-refractivity contribution in [3.63, 3.8) is 0 Å². The molecule has 0 aliphatic rings. The van der Waals surface area contributed by atoms with Gasteiger partial charge in [-0.15, -0.1) is 0 Å². The maximum atomic E-state index is 6.41. The standard InChI is InChI=1S/C51H30N4O2/c1-3-12-31(13-4-1)49-52-50(54-51(53-49)38-18-11-21-47-48(38)37-17-8-10-20-44(37)57-47)34-24-27-46-41(30-34)40-29-33(23-26-45(40)56-46)32-22-25-43-39(28-32)36-16-7-9-19-42(36)55(43)35-14-5-2-6-15-35/h1-30H. The largest absolute Gasteiger partial charge is 0.456 e. The Morgan fingerprint density at radius 3 is 1.68 bits per heavy atom. The van der Waals surface area contributed by atoms with Gasteiger partial charge in [-0.3, -0.25) is 0 Å². The van der Waals surface area contributed by atoms with Gasteiger partial charge >= 0.3 is 0 Å². The number of rotatable bonds is 5. The lowest BCUT2D eigenvalue weighted by Gasteiger charge is -2.09. The van der Waals surface area contributed by atoms with Crippen LogP contribution in [0.2, 0.25) is 0 Å². The molecule has 0 atom stereocenters. The number of hydrogen-bond acceptors (Lipinski definition) is 5. The Hall–Kier alpha value is -7.83. The van der Waals surface area contributed by atoms with Crippen LogP contribution in [-0.4, -0.2) is 19.5 Å². The van der Waals surface area contributed by atoms with Gasteiger partial charge in [-0.1, -0.05) is 109 Å². The third-order valence-electron chi connectivity index (χ3n) is 11.1. The highest BCUT2D eigenvalue weighted by atomic mass is 16.3. The molecule has 4 heterocycles. The van der Waals surface area contributed by atoms with Gasteiger partial charge < -0.3 is 13.4 Å². The summed E-state index contributed by atoms with van der Waals surface area (Å²) in [5.74, 6) is 1.76. The first-order valence-corrected chi connectivity index (χ1v) is 19.0. The van der Waals surface area contributed by atoms with E-state index < -0.39 is 0 Å². The second kappa shape index (κ2) is 12.3. The molecule has 6 nitrogen and oxygen atoms in total. The highest BCUT2D eigenvalue weighted by Gasteiger charge is 2.19. The van der Waals surface area contributed by atoms with Crippen LogP contribution < -0.4 is 0 Å². The molecule has 0 radical (unpaired) electrons. The third kappa shape index (κ3) is 5.01. The Kier molecular flexibility index (Phi) is 6.83. The summed E-state index contributed by atoms with van der Waals surface area (Å²) in [5, 5.41) is 6.47. The SMILES string of the molecule is c1ccc(-c2nc(-c3ccc4oc5ccc(-c6ccc7c(c6)c6ccccc6n7-c6ccccc6)cc5c4c3)nc(-c3cccc4oc5ccccc5c34)n2)cc1. The van der Waals surface area contributed by atoms with Crippen molar-refractivity contribution < 1.29 is 8.83 Å². The molecule has 0 N–H and O–H groups in total. The summed E-state index contributed by atoms with van der Waals surface area (Å²) in [5.41, 5.74) is 11.7. The zero-order chi connectivity index (χ0) is 37.5. The van der Waals surface area contributed by atoms with Crippen molar-refractivity contribution in [2.45, 2.75) is 0 Å². The zero-order valence-corrected chi connectivity index (χ0v) is 30.4. The van der Waals surface area contributed by atoms with Crippen LogP contribution in [0.3, 0.4) is 0 Å². The molecule has 12 aromatic rings. The van der Waals surface area contributed by atoms with Crippen molar-refractivity contribution in [3.8, 4) is 51.0 Å². The lowest BCUT2D eigenvalue weighted by Crippen LogP contribution is -2.00. The molecule has 57 heavy (non-hydrogen) atoms. The predicted octanol–water partition coefficient (Wildman–Crippen LogP) is 13.4. The smallest absolute Gasteiger partial charge is 0.164 e. The second-order valence-corrected chi connectivity index (χ2v) is 14.4. The lowest BCUT2D eigenvalue weighted by atomic mass is 10.00. The highest BCUT2D eigenvalue weighted by Crippen LogP contribution is 2.40. The number of furan rings is 2. The van der Waals surface area contributed by atoms with Crippen LogP contribution in [0.25, 0.3) is 117 Å². The second-order valence-electron chi connectivity index (χ2n) is 14.4. The van der Waals surface area contributed by atoms with Crippen molar-refractivity contribution >= 4 is 65.7 Å². The fourth-order valence-electron chi connectivity index (χ4n) is 8.41. The lowest BCUT2D eigenvalue weighted by molar-refractivity contribution is 0.668. The Morgan fingerprint density at radius 2 is 0.877 bits per heavy atom. The molecular weight excluding hydrogens is 701 g/mol. The minimum atomic E-state index is 0.580. The fourth-order valence-corrected chi connectivity index (χ4v) is 8.41. The molecule has 0 saturated carbocycles. The maximum Gasteiger partial charge on any atom is 0.164 e. The van der Waals surface area contributed by atoms with Gasteiger partial charge in [-0.25, -0.2) is 15.0 Å². The molecule has 12 rings (SSSR count). The molecule has 0 unspecified atom stereocenters. The molecule has 0 amide bonds. The van der Waals surface area contributed by atoms with Crippen LogP contribution in [0.15, 0.2) is 191 Å². The van der Waals surface area contributed by atoms with E-state index in [0.29, 0.717) is 17.5 Å². The first-order valence-electron chi connectivity index (χ1n) is 19.0. The van der Waals surface area contributed by atoms with Gasteiger partial charge in [0.1, 0.15) is 22.3 Å². The Bertz CT molecular complexity index is 3530. The van der Waals surface area contributed by atoms with Gasteiger partial charge in [0.05, 0.1) is 11.0 Å². The van der Waals surface area contributed by atoms with Crippen molar-refractivity contribution in [1.29, 1.82) is 0 Å². The van der Waals surface area contributed by atoms with Crippen LogP contribution in [0.1, 0.15) is 0 Å². The van der Waals surface area contributed by atoms with E-state index in [-0.39, 0.29) is 0 Å². The monoisotopic (exact) mass is 730 g/mol. The van der Waals surface area contributed by atoms with E-state index >= 15 is 0 Å². The molecule has 0 saturated heterocycles. The summed E-state index contributed by atoms with van der Waals surface area (Å²) in [7, 11) is 0. The number of fused-ring (bicyclic) bond motifs is 9. The first-order chi connectivity index (χ1) is 28.2. The van der Waals surface area contributed by atoms with Crippen molar-refractivity contribution in [3.05, 3.63) is 182 Å². The van der Waals surface area contributed by atoms with E-state index in [1.54, 1.807) is 0 Å². The quantitative estimate of drug-likeness (QED) is 0.176. The van der Waals surface area contributed by atoms with Gasteiger partial charge in [0, 0.05) is 54.7 Å². The van der Waals surface area contributed by atoms with Gasteiger partial charge in [0.2, 0.25) is 0 Å². The van der Waals surface area contributed by atoms with Crippen molar-refractivity contribution in [1.82, 2.24) is 19.5 Å². The van der Waals surface area contributed by atoms with E-state index in [4.69, 9.17) is 23.8 Å². The Balaban J connectivity index is 1.01. The topological polar surface area (TPSA) is 69.9 Å². The van der Waals surface area contributed by atoms with Crippen molar-refractivity contribution in [2.75, 3.05) is 0 Å². The summed E-state index contributed by atoms with van der Waals surface area (Å²) in [6.45, 7) is 0. The van der Waals surface area contributed by atoms with Crippen molar-refractivity contribution in [2.24, 2.45) is 0 Å². The minimum absolute atomic E-state index is 0.580. The van der Waals surface area contributed by atoms with Crippen LogP contribution in [0, 0.1) is 0 Å². The predicted molar refractivity (Wildman–Crippen MR) is 230 cm³/mol. The number of benzene rings is 8. The molecule has 0 aliphatic heterocycles. The van der Waals surface area contributed by atoms with Crippen LogP contribution in [-0.2, 0) is 0 Å². The molecule has 0 bridgehead atoms. The van der Waals surface area contributed by atoms with E-state index in [1.807, 2.05) is 72.8 Å². The molecule has 0 spiro atoms. The van der Waals surface area contributed by atoms with Crippen LogP contribution in [0.4, 0.5) is 0 Å². The van der Waals surface area contributed by atoms with Gasteiger partial charge in [0.15, 0.2) is 17.5 Å². The zero-order valence-electron chi connectivity index (χ0n) is 30.4.